The SMILES string of the molecule is COC(=O)C1(C(C[N+](=O)[O-])c2ccc(C)cc2)C(=O)NCC1c1ccccc1. The summed E-state index contributed by atoms with van der Waals surface area (Å²) < 4.78 is 5.05. The summed E-state index contributed by atoms with van der Waals surface area (Å²) in [6.45, 7) is 1.55. The molecule has 3 atom stereocenters. The van der Waals surface area contributed by atoms with Gasteiger partial charge in [-0.3, -0.25) is 19.7 Å². The monoisotopic (exact) mass is 382 g/mol. The van der Waals surface area contributed by atoms with Crippen LogP contribution >= 0.6 is 0 Å². The minimum Gasteiger partial charge on any atom is -0.468 e. The third kappa shape index (κ3) is 3.24. The zero-order valence-electron chi connectivity index (χ0n) is 15.8. The molecule has 3 unspecified atom stereocenters. The molecule has 28 heavy (non-hydrogen) atoms. The maximum Gasteiger partial charge on any atom is 0.322 e. The number of ether oxygens (including phenoxy) is 1. The van der Waals surface area contributed by atoms with Crippen molar-refractivity contribution in [1.82, 2.24) is 5.32 Å². The predicted octanol–water partition coefficient (Wildman–Crippen LogP) is 2.43. The second-order valence-corrected chi connectivity index (χ2v) is 7.01. The number of hydrogen-bond donors (Lipinski definition) is 1. The van der Waals surface area contributed by atoms with E-state index in [1.807, 2.05) is 49.4 Å². The van der Waals surface area contributed by atoms with Gasteiger partial charge in [-0.2, -0.15) is 0 Å². The topological polar surface area (TPSA) is 98.5 Å². The van der Waals surface area contributed by atoms with Crippen molar-refractivity contribution in [2.24, 2.45) is 5.41 Å². The van der Waals surface area contributed by atoms with Gasteiger partial charge in [-0.05, 0) is 18.1 Å². The molecule has 3 rings (SSSR count). The Hall–Kier alpha value is -3.22. The Labute approximate surface area is 162 Å². The van der Waals surface area contributed by atoms with Crippen molar-refractivity contribution in [2.75, 3.05) is 20.2 Å². The van der Waals surface area contributed by atoms with E-state index in [2.05, 4.69) is 5.32 Å². The minimum atomic E-state index is -1.72. The van der Waals surface area contributed by atoms with Crippen LogP contribution in [0.15, 0.2) is 54.6 Å². The molecule has 0 aromatic heterocycles. The number of benzene rings is 2. The highest BCUT2D eigenvalue weighted by atomic mass is 16.6. The van der Waals surface area contributed by atoms with Gasteiger partial charge in [0.2, 0.25) is 12.5 Å². The molecular formula is C21H22N2O5. The molecule has 1 aliphatic heterocycles. The van der Waals surface area contributed by atoms with E-state index in [1.54, 1.807) is 12.1 Å². The number of amides is 1. The molecule has 146 valence electrons. The van der Waals surface area contributed by atoms with Crippen LogP contribution in [0, 0.1) is 22.5 Å². The summed E-state index contributed by atoms with van der Waals surface area (Å²) in [5.41, 5.74) is 0.571. The maximum absolute atomic E-state index is 13.1. The molecular weight excluding hydrogens is 360 g/mol. The van der Waals surface area contributed by atoms with E-state index in [-0.39, 0.29) is 6.54 Å². The molecule has 0 radical (unpaired) electrons. The number of carbonyl (C=O) groups excluding carboxylic acids is 2. The van der Waals surface area contributed by atoms with Crippen molar-refractivity contribution >= 4 is 11.9 Å². The molecule has 1 amide bonds. The molecule has 0 aliphatic carbocycles. The highest BCUT2D eigenvalue weighted by molar-refractivity contribution is 6.06. The quantitative estimate of drug-likeness (QED) is 0.358. The number of aryl methyl sites for hydroxylation is 1. The number of nitro groups is 1. The van der Waals surface area contributed by atoms with Crippen LogP contribution in [-0.4, -0.2) is 37.0 Å². The molecule has 1 aliphatic rings. The standard InChI is InChI=1S/C21H22N2O5/c1-14-8-10-16(11-9-14)18(13-23(26)27)21(20(25)28-2)17(12-22-19(21)24)15-6-4-3-5-7-15/h3-11,17-18H,12-13H2,1-2H3,(H,22,24). The van der Waals surface area contributed by atoms with Crippen LogP contribution in [0.2, 0.25) is 0 Å². The van der Waals surface area contributed by atoms with Crippen LogP contribution in [0.25, 0.3) is 0 Å². The van der Waals surface area contributed by atoms with Gasteiger partial charge in [-0.15, -0.1) is 0 Å². The summed E-state index contributed by atoms with van der Waals surface area (Å²) in [5.74, 6) is -2.85. The predicted molar refractivity (Wildman–Crippen MR) is 102 cm³/mol. The number of methoxy groups -OCH3 is 1. The van der Waals surface area contributed by atoms with Gasteiger partial charge in [0.15, 0.2) is 5.41 Å². The fraction of sp³-hybridized carbons (Fsp3) is 0.333. The Kier molecular flexibility index (Phi) is 5.44. The van der Waals surface area contributed by atoms with Crippen molar-refractivity contribution in [3.8, 4) is 0 Å². The zero-order valence-corrected chi connectivity index (χ0v) is 15.8. The van der Waals surface area contributed by atoms with Crippen molar-refractivity contribution in [2.45, 2.75) is 18.8 Å². The lowest BCUT2D eigenvalue weighted by molar-refractivity contribution is -0.485. The average Bonchev–Trinajstić information content (AvgIpc) is 3.04. The van der Waals surface area contributed by atoms with Crippen LogP contribution in [0.3, 0.4) is 0 Å². The van der Waals surface area contributed by atoms with Gasteiger partial charge >= 0.3 is 5.97 Å². The summed E-state index contributed by atoms with van der Waals surface area (Å²) in [6.07, 6.45) is 0. The molecule has 0 spiro atoms. The third-order valence-corrected chi connectivity index (χ3v) is 5.48. The Bertz CT molecular complexity index is 881. The minimum absolute atomic E-state index is 0.206. The van der Waals surface area contributed by atoms with Gasteiger partial charge in [0.05, 0.1) is 13.0 Å². The maximum atomic E-state index is 13.1. The number of nitrogens with one attached hydrogen (secondary N) is 1. The third-order valence-electron chi connectivity index (χ3n) is 5.48. The first-order valence-electron chi connectivity index (χ1n) is 9.01. The zero-order chi connectivity index (χ0) is 20.3. The lowest BCUT2D eigenvalue weighted by Gasteiger charge is -2.35. The number of hydrogen-bond acceptors (Lipinski definition) is 5. The second kappa shape index (κ2) is 7.80. The second-order valence-electron chi connectivity index (χ2n) is 7.01. The van der Waals surface area contributed by atoms with Gasteiger partial charge in [0.25, 0.3) is 0 Å². The summed E-state index contributed by atoms with van der Waals surface area (Å²) in [7, 11) is 1.20. The van der Waals surface area contributed by atoms with Crippen molar-refractivity contribution < 1.29 is 19.2 Å². The van der Waals surface area contributed by atoms with Gasteiger partial charge in [0, 0.05) is 17.4 Å². The van der Waals surface area contributed by atoms with Crippen LogP contribution in [-0.2, 0) is 14.3 Å². The van der Waals surface area contributed by atoms with Gasteiger partial charge < -0.3 is 10.1 Å². The summed E-state index contributed by atoms with van der Waals surface area (Å²) >= 11 is 0. The lowest BCUT2D eigenvalue weighted by atomic mass is 9.63. The molecule has 1 heterocycles. The van der Waals surface area contributed by atoms with Crippen molar-refractivity contribution in [3.05, 3.63) is 81.4 Å². The first-order chi connectivity index (χ1) is 13.4. The van der Waals surface area contributed by atoms with E-state index in [4.69, 9.17) is 4.74 Å². The van der Waals surface area contributed by atoms with E-state index in [0.29, 0.717) is 5.56 Å². The average molecular weight is 382 g/mol. The molecule has 1 fully saturated rings. The molecule has 7 heteroatoms. The van der Waals surface area contributed by atoms with E-state index in [9.17, 15) is 19.7 Å². The highest BCUT2D eigenvalue weighted by Crippen LogP contribution is 2.51. The molecule has 0 bridgehead atoms. The molecule has 1 saturated heterocycles. The molecule has 0 saturated carbocycles. The number of carbonyl (C=O) groups is 2. The van der Waals surface area contributed by atoms with Crippen LogP contribution in [0.5, 0.6) is 0 Å². The number of esters is 1. The number of nitrogens with zero attached hydrogens (tertiary/aromatic N) is 1. The Morgan fingerprint density at radius 2 is 1.89 bits per heavy atom. The van der Waals surface area contributed by atoms with E-state index >= 15 is 0 Å². The van der Waals surface area contributed by atoms with Crippen LogP contribution in [0.1, 0.15) is 28.5 Å². The number of rotatable bonds is 6. The summed E-state index contributed by atoms with van der Waals surface area (Å²) in [4.78, 5) is 37.2. The smallest absolute Gasteiger partial charge is 0.322 e. The normalized spacial score (nSPS) is 22.4. The van der Waals surface area contributed by atoms with E-state index in [0.717, 1.165) is 11.1 Å². The largest absolute Gasteiger partial charge is 0.468 e. The Morgan fingerprint density at radius 3 is 2.46 bits per heavy atom. The Morgan fingerprint density at radius 1 is 1.25 bits per heavy atom. The van der Waals surface area contributed by atoms with Gasteiger partial charge in [-0.25, -0.2) is 0 Å². The van der Waals surface area contributed by atoms with Crippen LogP contribution in [0.4, 0.5) is 0 Å². The fourth-order valence-electron chi connectivity index (χ4n) is 4.13. The highest BCUT2D eigenvalue weighted by Gasteiger charge is 2.64. The lowest BCUT2D eigenvalue weighted by Crippen LogP contribution is -2.49. The Balaban J connectivity index is 2.24. The molecule has 7 nitrogen and oxygen atoms in total. The van der Waals surface area contributed by atoms with Crippen molar-refractivity contribution in [1.29, 1.82) is 0 Å². The van der Waals surface area contributed by atoms with Gasteiger partial charge in [-0.1, -0.05) is 60.2 Å². The van der Waals surface area contributed by atoms with Crippen LogP contribution < -0.4 is 5.32 Å². The van der Waals surface area contributed by atoms with E-state index in [1.165, 1.54) is 7.11 Å². The van der Waals surface area contributed by atoms with Crippen molar-refractivity contribution in [3.63, 3.8) is 0 Å². The first-order valence-corrected chi connectivity index (χ1v) is 9.01. The fourth-order valence-corrected chi connectivity index (χ4v) is 4.13. The molecule has 2 aromatic carbocycles. The first kappa shape index (κ1) is 19.5. The molecule has 2 aromatic rings. The summed E-state index contributed by atoms with van der Waals surface area (Å²) in [6, 6.07) is 16.2. The summed E-state index contributed by atoms with van der Waals surface area (Å²) in [5, 5.41) is 14.3. The van der Waals surface area contributed by atoms with Gasteiger partial charge in [0.1, 0.15) is 0 Å². The molecule has 1 N–H and O–H groups in total. The van der Waals surface area contributed by atoms with E-state index < -0.39 is 40.6 Å².